The Morgan fingerprint density at radius 2 is 0.526 bits per heavy atom. The van der Waals surface area contributed by atoms with Gasteiger partial charge in [-0.15, -0.1) is 0 Å². The maximum absolute atomic E-state index is 12.8. The van der Waals surface area contributed by atoms with Crippen molar-refractivity contribution >= 4 is 17.9 Å². The molecule has 0 bridgehead atoms. The van der Waals surface area contributed by atoms with Gasteiger partial charge in [0.2, 0.25) is 0 Å². The third kappa shape index (κ3) is 60.7. The largest absolute Gasteiger partial charge is 0.462 e. The van der Waals surface area contributed by atoms with Crippen molar-refractivity contribution in [3.63, 3.8) is 0 Å². The molecule has 76 heavy (non-hydrogen) atoms. The van der Waals surface area contributed by atoms with Crippen LogP contribution < -0.4 is 0 Å². The Bertz CT molecular complexity index is 1590. The summed E-state index contributed by atoms with van der Waals surface area (Å²) in [6, 6.07) is 0. The molecule has 0 fully saturated rings. The van der Waals surface area contributed by atoms with Crippen LogP contribution in [0.4, 0.5) is 0 Å². The zero-order valence-corrected chi connectivity index (χ0v) is 49.5. The highest BCUT2D eigenvalue weighted by molar-refractivity contribution is 5.71. The summed E-state index contributed by atoms with van der Waals surface area (Å²) in [6.07, 6.45) is 87.8. The third-order valence-electron chi connectivity index (χ3n) is 13.2. The van der Waals surface area contributed by atoms with Crippen LogP contribution in [0.3, 0.4) is 0 Å². The maximum Gasteiger partial charge on any atom is 0.306 e. The predicted octanol–water partition coefficient (Wildman–Crippen LogP) is 21.6. The normalized spacial score (nSPS) is 12.9. The highest BCUT2D eigenvalue weighted by Gasteiger charge is 2.19. The average Bonchev–Trinajstić information content (AvgIpc) is 3.42. The number of carbonyl (C=O) groups is 3. The smallest absolute Gasteiger partial charge is 0.306 e. The Kier molecular flexibility index (Phi) is 59.9. The second-order valence-electron chi connectivity index (χ2n) is 20.6. The van der Waals surface area contributed by atoms with E-state index in [9.17, 15) is 14.4 Å². The molecule has 1 atom stereocenters. The summed E-state index contributed by atoms with van der Waals surface area (Å²) in [5.74, 6) is -0.906. The van der Waals surface area contributed by atoms with Gasteiger partial charge in [0, 0.05) is 19.3 Å². The van der Waals surface area contributed by atoms with Crippen LogP contribution in [-0.2, 0) is 28.6 Å². The Labute approximate surface area is 469 Å². The van der Waals surface area contributed by atoms with Gasteiger partial charge < -0.3 is 14.2 Å². The zero-order valence-electron chi connectivity index (χ0n) is 49.5. The van der Waals surface area contributed by atoms with Gasteiger partial charge in [0.1, 0.15) is 13.2 Å². The molecule has 0 spiro atoms. The number of esters is 3. The number of hydrogen-bond acceptors (Lipinski definition) is 6. The van der Waals surface area contributed by atoms with Gasteiger partial charge in [-0.1, -0.05) is 277 Å². The van der Waals surface area contributed by atoms with Crippen LogP contribution in [0, 0.1) is 0 Å². The van der Waals surface area contributed by atoms with Crippen LogP contribution in [0.15, 0.2) is 122 Å². The predicted molar refractivity (Wildman–Crippen MR) is 330 cm³/mol. The molecule has 0 radical (unpaired) electrons. The monoisotopic (exact) mass is 1050 g/mol. The lowest BCUT2D eigenvalue weighted by Crippen LogP contribution is -2.30. The second-order valence-corrected chi connectivity index (χ2v) is 20.6. The van der Waals surface area contributed by atoms with Crippen LogP contribution >= 0.6 is 0 Å². The first-order valence-corrected chi connectivity index (χ1v) is 31.5. The maximum atomic E-state index is 12.8. The van der Waals surface area contributed by atoms with E-state index in [1.807, 2.05) is 0 Å². The van der Waals surface area contributed by atoms with Crippen LogP contribution in [0.2, 0.25) is 0 Å². The third-order valence-corrected chi connectivity index (χ3v) is 13.2. The van der Waals surface area contributed by atoms with Gasteiger partial charge in [-0.05, 0) is 109 Å². The molecule has 0 aliphatic heterocycles. The van der Waals surface area contributed by atoms with E-state index in [-0.39, 0.29) is 31.1 Å². The van der Waals surface area contributed by atoms with Crippen LogP contribution in [0.25, 0.3) is 0 Å². The summed E-state index contributed by atoms with van der Waals surface area (Å²) in [7, 11) is 0. The van der Waals surface area contributed by atoms with E-state index in [2.05, 4.69) is 142 Å². The fraction of sp³-hybridized carbons (Fsp3) is 0.671. The summed E-state index contributed by atoms with van der Waals surface area (Å²) in [4.78, 5) is 38.2. The van der Waals surface area contributed by atoms with E-state index < -0.39 is 6.10 Å². The minimum Gasteiger partial charge on any atom is -0.462 e. The second kappa shape index (κ2) is 63.3. The number of unbranched alkanes of at least 4 members (excludes halogenated alkanes) is 25. The molecule has 0 saturated carbocycles. The highest BCUT2D eigenvalue weighted by atomic mass is 16.6. The van der Waals surface area contributed by atoms with Crippen molar-refractivity contribution in [3.05, 3.63) is 122 Å². The van der Waals surface area contributed by atoms with Crippen molar-refractivity contribution in [2.75, 3.05) is 13.2 Å². The molecule has 0 aromatic carbocycles. The van der Waals surface area contributed by atoms with Crippen LogP contribution in [0.1, 0.15) is 284 Å². The topological polar surface area (TPSA) is 78.9 Å². The molecule has 0 saturated heterocycles. The molecule has 0 amide bonds. The fourth-order valence-electron chi connectivity index (χ4n) is 8.48. The fourth-order valence-corrected chi connectivity index (χ4v) is 8.48. The molecule has 0 aliphatic carbocycles. The first-order chi connectivity index (χ1) is 37.5. The Morgan fingerprint density at radius 3 is 0.842 bits per heavy atom. The minimum absolute atomic E-state index is 0.0854. The Balaban J connectivity index is 4.23. The summed E-state index contributed by atoms with van der Waals surface area (Å²) in [6.45, 7) is 6.46. The first kappa shape index (κ1) is 71.8. The summed E-state index contributed by atoms with van der Waals surface area (Å²) in [5.41, 5.74) is 0. The van der Waals surface area contributed by atoms with Crippen molar-refractivity contribution < 1.29 is 28.6 Å². The molecule has 6 nitrogen and oxygen atoms in total. The number of hydrogen-bond donors (Lipinski definition) is 0. The molecule has 0 aromatic rings. The standard InChI is InChI=1S/C70H116O6/c1-4-7-10-13-16-19-22-24-26-27-28-29-30-31-32-33-34-35-36-37-38-39-40-41-42-43-44-46-48-51-54-57-60-63-69(72)75-66-67(65-74-68(71)62-59-56-53-50-47-21-18-15-12-9-6-3)76-70(73)64-61-58-55-52-49-45-25-23-20-17-14-11-8-5-2/h7,10,14,16-17,19,23-26,28-29,31-32,34-35,37-38,40-41,67H,4-6,8-9,11-13,15,18,20-22,27,30,33,36,39,42-66H2,1-3H3/b10-7-,17-14-,19-16-,25-23-,26-24-,29-28-,32-31-,35-34-,38-37-,41-40-. The first-order valence-electron chi connectivity index (χ1n) is 31.5. The lowest BCUT2D eigenvalue weighted by Gasteiger charge is -2.18. The van der Waals surface area contributed by atoms with Gasteiger partial charge in [-0.25, -0.2) is 0 Å². The van der Waals surface area contributed by atoms with Gasteiger partial charge in [0.25, 0.3) is 0 Å². The molecular weight excluding hydrogens is 937 g/mol. The zero-order chi connectivity index (χ0) is 55.0. The Hall–Kier alpha value is -4.19. The van der Waals surface area contributed by atoms with E-state index in [1.54, 1.807) is 0 Å². The summed E-state index contributed by atoms with van der Waals surface area (Å²) in [5, 5.41) is 0. The number of ether oxygens (including phenoxy) is 3. The van der Waals surface area contributed by atoms with Crippen LogP contribution in [0.5, 0.6) is 0 Å². The van der Waals surface area contributed by atoms with E-state index in [1.165, 1.54) is 103 Å². The minimum atomic E-state index is -0.789. The molecule has 0 aliphatic rings. The lowest BCUT2D eigenvalue weighted by atomic mass is 10.1. The van der Waals surface area contributed by atoms with Crippen molar-refractivity contribution in [1.29, 1.82) is 0 Å². The SMILES string of the molecule is CC/C=C\C/C=C\C/C=C\C/C=C\C/C=C\C/C=C\C/C=C\C/C=C\CCCCCCCCCCC(=O)OCC(COC(=O)CCCCCCCCCCCCC)OC(=O)CCCCCCC/C=C\C/C=C\CCCC. The molecule has 0 rings (SSSR count). The highest BCUT2D eigenvalue weighted by Crippen LogP contribution is 2.15. The van der Waals surface area contributed by atoms with Gasteiger partial charge in [0.15, 0.2) is 6.10 Å². The molecule has 6 heteroatoms. The van der Waals surface area contributed by atoms with Crippen molar-refractivity contribution in [2.45, 2.75) is 290 Å². The van der Waals surface area contributed by atoms with Gasteiger partial charge in [-0.3, -0.25) is 14.4 Å². The van der Waals surface area contributed by atoms with Crippen molar-refractivity contribution in [1.82, 2.24) is 0 Å². The molecule has 0 N–H and O–H groups in total. The van der Waals surface area contributed by atoms with Gasteiger partial charge in [-0.2, -0.15) is 0 Å². The van der Waals surface area contributed by atoms with Gasteiger partial charge in [0.05, 0.1) is 0 Å². The van der Waals surface area contributed by atoms with E-state index in [0.29, 0.717) is 19.3 Å². The molecular formula is C70H116O6. The quantitative estimate of drug-likeness (QED) is 0.0261. The number of allylic oxidation sites excluding steroid dienone is 20. The summed E-state index contributed by atoms with van der Waals surface area (Å²) >= 11 is 0. The van der Waals surface area contributed by atoms with Gasteiger partial charge >= 0.3 is 17.9 Å². The van der Waals surface area contributed by atoms with E-state index in [0.717, 1.165) is 141 Å². The average molecular weight is 1050 g/mol. The van der Waals surface area contributed by atoms with E-state index >= 15 is 0 Å². The van der Waals surface area contributed by atoms with Crippen molar-refractivity contribution in [3.8, 4) is 0 Å². The van der Waals surface area contributed by atoms with Crippen molar-refractivity contribution in [2.24, 2.45) is 0 Å². The summed E-state index contributed by atoms with van der Waals surface area (Å²) < 4.78 is 16.9. The number of rotatable bonds is 56. The Morgan fingerprint density at radius 1 is 0.276 bits per heavy atom. The van der Waals surface area contributed by atoms with Crippen LogP contribution in [-0.4, -0.2) is 37.2 Å². The lowest BCUT2D eigenvalue weighted by molar-refractivity contribution is -0.167. The molecule has 432 valence electrons. The molecule has 0 aromatic heterocycles. The van der Waals surface area contributed by atoms with E-state index in [4.69, 9.17) is 14.2 Å². The molecule has 1 unspecified atom stereocenters. The number of carbonyl (C=O) groups excluding carboxylic acids is 3. The molecule has 0 heterocycles.